The van der Waals surface area contributed by atoms with Crippen molar-refractivity contribution in [3.05, 3.63) is 59.2 Å². The first-order chi connectivity index (χ1) is 14.5. The van der Waals surface area contributed by atoms with Crippen LogP contribution in [0.5, 0.6) is 0 Å². The van der Waals surface area contributed by atoms with E-state index in [0.717, 1.165) is 41.2 Å². The van der Waals surface area contributed by atoms with E-state index in [1.807, 2.05) is 55.1 Å². The highest BCUT2D eigenvalue weighted by atomic mass is 32.2. The summed E-state index contributed by atoms with van der Waals surface area (Å²) in [7, 11) is 0. The fourth-order valence-corrected chi connectivity index (χ4v) is 6.19. The van der Waals surface area contributed by atoms with Crippen molar-refractivity contribution in [1.82, 2.24) is 0 Å². The lowest BCUT2D eigenvalue weighted by molar-refractivity contribution is -0.906. The lowest BCUT2D eigenvalue weighted by atomic mass is 10.0. The number of carbonyl (C=O) groups is 2. The molecule has 1 atom stereocenters. The first-order valence-electron chi connectivity index (χ1n) is 10.4. The molecule has 0 aromatic heterocycles. The highest BCUT2D eigenvalue weighted by Gasteiger charge is 2.61. The van der Waals surface area contributed by atoms with Gasteiger partial charge in [0, 0.05) is 11.3 Å². The van der Waals surface area contributed by atoms with Crippen molar-refractivity contribution in [2.45, 2.75) is 18.7 Å². The van der Waals surface area contributed by atoms with Crippen LogP contribution in [0.4, 0.5) is 11.4 Å². The van der Waals surface area contributed by atoms with E-state index in [1.165, 1.54) is 16.7 Å². The molecular formula is C23H26N3O3S+. The third-order valence-electron chi connectivity index (χ3n) is 6.11. The van der Waals surface area contributed by atoms with Gasteiger partial charge in [0.1, 0.15) is 13.1 Å². The SMILES string of the molecule is Cc1cc(C)cc(N2C(=O)CS[C@]23C(=O)N(C[NH+]2CCOCC2)c2ccccc23)c1. The standard InChI is InChI=1S/C23H25N3O3S/c1-16-11-17(2)13-18(12-16)26-21(27)14-30-23(26)19-5-3-4-6-20(19)25(22(23)28)15-24-7-9-29-10-8-24/h3-6,11-13H,7-10,14-15H2,1-2H3/p+1/t23-/m1/s1. The summed E-state index contributed by atoms with van der Waals surface area (Å²) in [5.41, 5.74) is 4.79. The summed E-state index contributed by atoms with van der Waals surface area (Å²) in [4.78, 5) is 31.1. The summed E-state index contributed by atoms with van der Waals surface area (Å²) in [6, 6.07) is 14.0. The molecule has 2 aromatic rings. The van der Waals surface area contributed by atoms with Gasteiger partial charge in [-0.1, -0.05) is 24.3 Å². The number of aryl methyl sites for hydroxylation is 2. The molecule has 2 aromatic carbocycles. The second-order valence-corrected chi connectivity index (χ2v) is 9.45. The van der Waals surface area contributed by atoms with Crippen LogP contribution in [0, 0.1) is 13.8 Å². The fourth-order valence-electron chi connectivity index (χ4n) is 4.83. The van der Waals surface area contributed by atoms with Crippen molar-refractivity contribution in [1.29, 1.82) is 0 Å². The molecule has 0 radical (unpaired) electrons. The lowest BCUT2D eigenvalue weighted by Gasteiger charge is -2.34. The predicted octanol–water partition coefficient (Wildman–Crippen LogP) is 1.46. The molecule has 1 N–H and O–H groups in total. The van der Waals surface area contributed by atoms with Crippen molar-refractivity contribution in [3.8, 4) is 0 Å². The second-order valence-electron chi connectivity index (χ2n) is 8.28. The largest absolute Gasteiger partial charge is 0.370 e. The van der Waals surface area contributed by atoms with E-state index in [4.69, 9.17) is 4.74 Å². The summed E-state index contributed by atoms with van der Waals surface area (Å²) >= 11 is 1.44. The zero-order chi connectivity index (χ0) is 20.9. The van der Waals surface area contributed by atoms with E-state index in [9.17, 15) is 9.59 Å². The van der Waals surface area contributed by atoms with Gasteiger partial charge in [-0.25, -0.2) is 0 Å². The van der Waals surface area contributed by atoms with Gasteiger partial charge in [0.25, 0.3) is 5.91 Å². The van der Waals surface area contributed by atoms with Gasteiger partial charge in [-0.15, -0.1) is 11.8 Å². The molecule has 0 unspecified atom stereocenters. The molecule has 0 bridgehead atoms. The van der Waals surface area contributed by atoms with E-state index < -0.39 is 4.87 Å². The van der Waals surface area contributed by atoms with Gasteiger partial charge < -0.3 is 9.64 Å². The van der Waals surface area contributed by atoms with E-state index in [2.05, 4.69) is 6.07 Å². The Morgan fingerprint density at radius 1 is 1.07 bits per heavy atom. The zero-order valence-corrected chi connectivity index (χ0v) is 18.1. The number of thioether (sulfide) groups is 1. The number of ether oxygens (including phenoxy) is 1. The van der Waals surface area contributed by atoms with Crippen LogP contribution in [0.3, 0.4) is 0 Å². The highest BCUT2D eigenvalue weighted by Crippen LogP contribution is 2.55. The Balaban J connectivity index is 1.61. The molecule has 6 nitrogen and oxygen atoms in total. The minimum Gasteiger partial charge on any atom is -0.370 e. The quantitative estimate of drug-likeness (QED) is 0.811. The molecule has 1 spiro atoms. The number of morpholine rings is 1. The maximum atomic E-state index is 14.0. The molecule has 2 amide bonds. The Hall–Kier alpha value is -2.35. The lowest BCUT2D eigenvalue weighted by Crippen LogP contribution is -3.15. The summed E-state index contributed by atoms with van der Waals surface area (Å²) in [5.74, 6) is 0.261. The van der Waals surface area contributed by atoms with Gasteiger partial charge in [0.15, 0.2) is 6.67 Å². The van der Waals surface area contributed by atoms with Crippen LogP contribution in [0.2, 0.25) is 0 Å². The Morgan fingerprint density at radius 2 is 1.77 bits per heavy atom. The van der Waals surface area contributed by atoms with Gasteiger partial charge in [-0.2, -0.15) is 0 Å². The van der Waals surface area contributed by atoms with Gasteiger partial charge in [0.2, 0.25) is 10.8 Å². The molecule has 2 fully saturated rings. The minimum absolute atomic E-state index is 0.0160. The number of hydrogen-bond acceptors (Lipinski definition) is 4. The van der Waals surface area contributed by atoms with Crippen LogP contribution in [0.25, 0.3) is 0 Å². The summed E-state index contributed by atoms with van der Waals surface area (Å²) < 4.78 is 5.48. The van der Waals surface area contributed by atoms with Gasteiger partial charge >= 0.3 is 0 Å². The number of nitrogens with one attached hydrogen (secondary N) is 1. The van der Waals surface area contributed by atoms with E-state index in [0.29, 0.717) is 25.6 Å². The van der Waals surface area contributed by atoms with E-state index in [1.54, 1.807) is 4.90 Å². The van der Waals surface area contributed by atoms with Crippen LogP contribution in [0.15, 0.2) is 42.5 Å². The van der Waals surface area contributed by atoms with Gasteiger partial charge in [-0.3, -0.25) is 19.4 Å². The number of amides is 2. The van der Waals surface area contributed by atoms with E-state index >= 15 is 0 Å². The second kappa shape index (κ2) is 7.41. The number of para-hydroxylation sites is 1. The first-order valence-corrected chi connectivity index (χ1v) is 11.4. The van der Waals surface area contributed by atoms with Crippen molar-refractivity contribution < 1.29 is 19.2 Å². The first kappa shape index (κ1) is 19.6. The molecule has 5 rings (SSSR count). The maximum absolute atomic E-state index is 14.0. The molecule has 7 heteroatoms. The minimum atomic E-state index is -1.03. The molecule has 0 saturated carbocycles. The summed E-state index contributed by atoms with van der Waals surface area (Å²) in [6.45, 7) is 7.83. The van der Waals surface area contributed by atoms with Crippen LogP contribution in [-0.4, -0.2) is 50.5 Å². The molecule has 3 aliphatic heterocycles. The number of benzene rings is 2. The Morgan fingerprint density at radius 3 is 2.50 bits per heavy atom. The topological polar surface area (TPSA) is 54.3 Å². The normalized spacial score (nSPS) is 24.2. The molecule has 30 heavy (non-hydrogen) atoms. The fraction of sp³-hybridized carbons (Fsp3) is 0.391. The molecule has 156 valence electrons. The molecule has 2 saturated heterocycles. The Bertz CT molecular complexity index is 1000. The average Bonchev–Trinajstić information content (AvgIpc) is 3.19. The van der Waals surface area contributed by atoms with Crippen molar-refractivity contribution in [2.24, 2.45) is 0 Å². The monoisotopic (exact) mass is 424 g/mol. The highest BCUT2D eigenvalue weighted by molar-refractivity contribution is 8.02. The van der Waals surface area contributed by atoms with Gasteiger partial charge in [0.05, 0.1) is 24.7 Å². The molecule has 3 heterocycles. The predicted molar refractivity (Wildman–Crippen MR) is 118 cm³/mol. The number of anilines is 2. The summed E-state index contributed by atoms with van der Waals surface area (Å²) in [5, 5.41) is 0. The molecule has 3 aliphatic rings. The van der Waals surface area contributed by atoms with Crippen molar-refractivity contribution in [2.75, 3.05) is 48.5 Å². The average molecular weight is 425 g/mol. The van der Waals surface area contributed by atoms with Crippen molar-refractivity contribution in [3.63, 3.8) is 0 Å². The smallest absolute Gasteiger partial charge is 0.273 e. The maximum Gasteiger partial charge on any atom is 0.273 e. The number of carbonyl (C=O) groups excluding carboxylic acids is 2. The molecular weight excluding hydrogens is 398 g/mol. The zero-order valence-electron chi connectivity index (χ0n) is 17.3. The van der Waals surface area contributed by atoms with E-state index in [-0.39, 0.29) is 11.8 Å². The number of quaternary nitrogens is 1. The van der Waals surface area contributed by atoms with Gasteiger partial charge in [-0.05, 0) is 43.2 Å². The van der Waals surface area contributed by atoms with Crippen LogP contribution in [0.1, 0.15) is 16.7 Å². The number of rotatable bonds is 3. The third kappa shape index (κ3) is 2.95. The van der Waals surface area contributed by atoms with Crippen LogP contribution >= 0.6 is 11.8 Å². The number of nitrogens with zero attached hydrogens (tertiary/aromatic N) is 2. The number of hydrogen-bond donors (Lipinski definition) is 1. The third-order valence-corrected chi connectivity index (χ3v) is 7.50. The Kier molecular flexibility index (Phi) is 4.84. The van der Waals surface area contributed by atoms with Crippen LogP contribution in [-0.2, 0) is 19.2 Å². The molecule has 0 aliphatic carbocycles. The Labute approximate surface area is 180 Å². The number of fused-ring (bicyclic) bond motifs is 2. The summed E-state index contributed by atoms with van der Waals surface area (Å²) in [6.07, 6.45) is 0. The van der Waals surface area contributed by atoms with Crippen LogP contribution < -0.4 is 14.7 Å². The van der Waals surface area contributed by atoms with Crippen molar-refractivity contribution >= 4 is 35.0 Å².